The number of nitrogens with one attached hydrogen (secondary N) is 1. The van der Waals surface area contributed by atoms with Crippen molar-refractivity contribution >= 4 is 22.4 Å². The molecule has 0 aromatic carbocycles. The third-order valence-corrected chi connectivity index (χ3v) is 5.56. The molecule has 0 unspecified atom stereocenters. The second-order valence-corrected chi connectivity index (χ2v) is 8.11. The third kappa shape index (κ3) is 4.64. The Morgan fingerprint density at radius 2 is 2.13 bits per heavy atom. The molecular formula is C18H27N3OS. The molecule has 0 saturated carbocycles. The maximum absolute atomic E-state index is 12.3. The highest BCUT2D eigenvalue weighted by molar-refractivity contribution is 7.13. The molecule has 1 aliphatic carbocycles. The Hall–Kier alpha value is -1.20. The molecule has 1 aliphatic heterocycles. The molecule has 0 bridgehead atoms. The number of rotatable bonds is 4. The van der Waals surface area contributed by atoms with E-state index in [4.69, 9.17) is 0 Å². The van der Waals surface area contributed by atoms with Crippen LogP contribution in [0.15, 0.2) is 17.5 Å². The quantitative estimate of drug-likeness (QED) is 0.850. The Labute approximate surface area is 143 Å². The van der Waals surface area contributed by atoms with Crippen LogP contribution >= 0.6 is 11.3 Å². The van der Waals surface area contributed by atoms with Crippen molar-refractivity contribution in [1.82, 2.24) is 9.88 Å². The first-order valence-electron chi connectivity index (χ1n) is 8.72. The fraction of sp³-hybridized carbons (Fsp3) is 0.667. The van der Waals surface area contributed by atoms with Crippen molar-refractivity contribution in [3.63, 3.8) is 0 Å². The van der Waals surface area contributed by atoms with Gasteiger partial charge in [0.15, 0.2) is 5.13 Å². The lowest BCUT2D eigenvalue weighted by molar-refractivity contribution is -0.120. The molecule has 1 fully saturated rings. The number of carbonyl (C=O) groups is 1. The molecule has 1 N–H and O–H groups in total. The van der Waals surface area contributed by atoms with Gasteiger partial charge in [0.1, 0.15) is 0 Å². The summed E-state index contributed by atoms with van der Waals surface area (Å²) in [5, 5.41) is 5.83. The normalized spacial score (nSPS) is 28.7. The van der Waals surface area contributed by atoms with Gasteiger partial charge in [-0.05, 0) is 37.5 Å². The summed E-state index contributed by atoms with van der Waals surface area (Å²) in [6.07, 6.45) is 8.40. The molecule has 1 aromatic rings. The zero-order valence-electron chi connectivity index (χ0n) is 14.1. The van der Waals surface area contributed by atoms with Crippen molar-refractivity contribution in [2.24, 2.45) is 17.8 Å². The van der Waals surface area contributed by atoms with Crippen LogP contribution in [0.4, 0.5) is 5.13 Å². The third-order valence-electron chi connectivity index (χ3n) is 4.75. The van der Waals surface area contributed by atoms with Crippen LogP contribution in [0.2, 0.25) is 0 Å². The van der Waals surface area contributed by atoms with Gasteiger partial charge in [-0.3, -0.25) is 9.69 Å². The van der Waals surface area contributed by atoms with Crippen LogP contribution in [0.1, 0.15) is 45.2 Å². The Morgan fingerprint density at radius 3 is 2.83 bits per heavy atom. The number of anilines is 1. The number of nitrogens with zero attached hydrogens (tertiary/aromatic N) is 2. The summed E-state index contributed by atoms with van der Waals surface area (Å²) < 4.78 is 0. The van der Waals surface area contributed by atoms with Crippen LogP contribution in [0, 0.1) is 17.8 Å². The van der Waals surface area contributed by atoms with E-state index < -0.39 is 0 Å². The van der Waals surface area contributed by atoms with Crippen LogP contribution in [0.3, 0.4) is 0 Å². The fourth-order valence-electron chi connectivity index (χ4n) is 3.83. The molecule has 3 rings (SSSR count). The number of hydrogen-bond acceptors (Lipinski definition) is 4. The number of allylic oxidation sites excluding steroid dienone is 2. The van der Waals surface area contributed by atoms with Crippen molar-refractivity contribution in [3.8, 4) is 0 Å². The number of carbonyl (C=O) groups excluding carboxylic acids is 1. The molecular weight excluding hydrogens is 306 g/mol. The van der Waals surface area contributed by atoms with E-state index in [2.05, 4.69) is 46.6 Å². The van der Waals surface area contributed by atoms with Crippen molar-refractivity contribution in [2.45, 2.75) is 46.1 Å². The maximum atomic E-state index is 12.3. The van der Waals surface area contributed by atoms with Crippen LogP contribution in [0.25, 0.3) is 0 Å². The lowest BCUT2D eigenvalue weighted by Crippen LogP contribution is -2.38. The van der Waals surface area contributed by atoms with Gasteiger partial charge in [-0.15, -0.1) is 11.3 Å². The van der Waals surface area contributed by atoms with Gasteiger partial charge in [-0.25, -0.2) is 4.98 Å². The maximum Gasteiger partial charge on any atom is 0.229 e. The summed E-state index contributed by atoms with van der Waals surface area (Å²) in [5.41, 5.74) is 1.08. The van der Waals surface area contributed by atoms with Crippen molar-refractivity contribution < 1.29 is 4.79 Å². The zero-order chi connectivity index (χ0) is 16.2. The van der Waals surface area contributed by atoms with Crippen molar-refractivity contribution in [1.29, 1.82) is 0 Å². The Kier molecular flexibility index (Phi) is 5.49. The topological polar surface area (TPSA) is 45.2 Å². The van der Waals surface area contributed by atoms with E-state index in [1.165, 1.54) is 6.42 Å². The monoisotopic (exact) mass is 333 g/mol. The first kappa shape index (κ1) is 16.7. The number of hydrogen-bond donors (Lipinski definition) is 1. The highest BCUT2D eigenvalue weighted by Gasteiger charge is 2.23. The summed E-state index contributed by atoms with van der Waals surface area (Å²) >= 11 is 1.54. The van der Waals surface area contributed by atoms with E-state index in [1.807, 2.05) is 0 Å². The summed E-state index contributed by atoms with van der Waals surface area (Å²) in [5.74, 6) is 1.75. The minimum atomic E-state index is 0.108. The molecule has 23 heavy (non-hydrogen) atoms. The number of piperidine rings is 1. The predicted molar refractivity (Wildman–Crippen MR) is 95.4 cm³/mol. The van der Waals surface area contributed by atoms with Crippen LogP contribution in [0.5, 0.6) is 0 Å². The van der Waals surface area contributed by atoms with E-state index in [0.29, 0.717) is 0 Å². The number of thiazole rings is 1. The van der Waals surface area contributed by atoms with Crippen LogP contribution in [-0.4, -0.2) is 28.9 Å². The fourth-order valence-corrected chi connectivity index (χ4v) is 4.53. The van der Waals surface area contributed by atoms with E-state index >= 15 is 0 Å². The van der Waals surface area contributed by atoms with Crippen LogP contribution in [-0.2, 0) is 11.3 Å². The SMILES string of the molecule is C[C@@H]1C[C@H](C)CN(Cc2csc(NC(=O)[C@@H]3CC=CCC3)n2)C1. The minimum absolute atomic E-state index is 0.108. The summed E-state index contributed by atoms with van der Waals surface area (Å²) in [6, 6.07) is 0. The Morgan fingerprint density at radius 1 is 1.35 bits per heavy atom. The predicted octanol–water partition coefficient (Wildman–Crippen LogP) is 3.92. The highest BCUT2D eigenvalue weighted by Crippen LogP contribution is 2.25. The molecule has 2 aliphatic rings. The number of likely N-dealkylation sites (tertiary alicyclic amines) is 1. The second kappa shape index (κ2) is 7.58. The van der Waals surface area contributed by atoms with Crippen LogP contribution < -0.4 is 5.32 Å². The summed E-state index contributed by atoms with van der Waals surface area (Å²) in [6.45, 7) is 7.85. The van der Waals surface area contributed by atoms with E-state index in [0.717, 1.165) is 61.6 Å². The number of amides is 1. The molecule has 0 spiro atoms. The Bertz CT molecular complexity index is 558. The second-order valence-electron chi connectivity index (χ2n) is 7.25. The summed E-state index contributed by atoms with van der Waals surface area (Å²) in [7, 11) is 0. The van der Waals surface area contributed by atoms with E-state index in [1.54, 1.807) is 11.3 Å². The molecule has 1 amide bonds. The molecule has 1 aromatic heterocycles. The summed E-state index contributed by atoms with van der Waals surface area (Å²) in [4.78, 5) is 19.4. The first-order valence-corrected chi connectivity index (χ1v) is 9.60. The zero-order valence-corrected chi connectivity index (χ0v) is 14.9. The van der Waals surface area contributed by atoms with Gasteiger partial charge in [0, 0.05) is 30.9 Å². The molecule has 1 saturated heterocycles. The molecule has 126 valence electrons. The number of aromatic nitrogens is 1. The lowest BCUT2D eigenvalue weighted by atomic mass is 9.92. The average molecular weight is 334 g/mol. The molecule has 0 radical (unpaired) electrons. The van der Waals surface area contributed by atoms with Gasteiger partial charge in [-0.2, -0.15) is 0 Å². The van der Waals surface area contributed by atoms with Gasteiger partial charge in [0.2, 0.25) is 5.91 Å². The molecule has 3 atom stereocenters. The molecule has 5 heteroatoms. The van der Waals surface area contributed by atoms with E-state index in [-0.39, 0.29) is 11.8 Å². The van der Waals surface area contributed by atoms with Gasteiger partial charge in [0.25, 0.3) is 0 Å². The Balaban J connectivity index is 1.53. The van der Waals surface area contributed by atoms with Gasteiger partial charge < -0.3 is 5.32 Å². The van der Waals surface area contributed by atoms with Crippen molar-refractivity contribution in [3.05, 3.63) is 23.2 Å². The van der Waals surface area contributed by atoms with Gasteiger partial charge >= 0.3 is 0 Å². The van der Waals surface area contributed by atoms with Gasteiger partial charge in [-0.1, -0.05) is 26.0 Å². The lowest BCUT2D eigenvalue weighted by Gasteiger charge is -2.34. The standard InChI is InChI=1S/C18H27N3OS/c1-13-8-14(2)10-21(9-13)11-16-12-23-18(19-16)20-17(22)15-6-4-3-5-7-15/h3-4,12-15H,5-11H2,1-2H3,(H,19,20,22)/t13-,14+,15-/m1/s1. The van der Waals surface area contributed by atoms with E-state index in [9.17, 15) is 4.79 Å². The average Bonchev–Trinajstić information content (AvgIpc) is 2.94. The smallest absolute Gasteiger partial charge is 0.229 e. The molecule has 4 nitrogen and oxygen atoms in total. The molecule has 2 heterocycles. The van der Waals surface area contributed by atoms with Gasteiger partial charge in [0.05, 0.1) is 5.69 Å². The largest absolute Gasteiger partial charge is 0.302 e. The minimum Gasteiger partial charge on any atom is -0.302 e. The highest BCUT2D eigenvalue weighted by atomic mass is 32.1. The first-order chi connectivity index (χ1) is 11.1. The van der Waals surface area contributed by atoms with Crippen molar-refractivity contribution in [2.75, 3.05) is 18.4 Å².